The lowest BCUT2D eigenvalue weighted by molar-refractivity contribution is 0.161. The summed E-state index contributed by atoms with van der Waals surface area (Å²) in [5.41, 5.74) is 3.37. The van der Waals surface area contributed by atoms with Crippen molar-refractivity contribution < 1.29 is 5.11 Å². The van der Waals surface area contributed by atoms with Crippen LogP contribution in [0.3, 0.4) is 0 Å². The molecule has 0 saturated heterocycles. The zero-order valence-electron chi connectivity index (χ0n) is 9.77. The van der Waals surface area contributed by atoms with Gasteiger partial charge in [-0.15, -0.1) is 0 Å². The smallest absolute Gasteiger partial charge is 0.141 e. The molecule has 16 heavy (non-hydrogen) atoms. The monoisotopic (exact) mass is 224 g/mol. The van der Waals surface area contributed by atoms with Gasteiger partial charge in [0.2, 0.25) is 0 Å². The molecule has 1 aromatic heterocycles. The van der Waals surface area contributed by atoms with E-state index >= 15 is 0 Å². The minimum Gasteiger partial charge on any atom is -0.391 e. The highest BCUT2D eigenvalue weighted by Gasteiger charge is 2.06. The normalized spacial score (nSPS) is 12.6. The number of pyridine rings is 1. The van der Waals surface area contributed by atoms with Crippen molar-refractivity contribution in [1.29, 1.82) is 0 Å². The summed E-state index contributed by atoms with van der Waals surface area (Å²) in [7, 11) is 0. The standard InChI is InChI=1S/C11H20N4O/c1-8(2)5-10(16)7-14-9-3-4-13-11(6-9)15-12/h3-4,6,8,10,16H,5,7,12H2,1-2H3,(H2,13,14,15). The van der Waals surface area contributed by atoms with E-state index in [1.165, 1.54) is 0 Å². The molecule has 1 heterocycles. The van der Waals surface area contributed by atoms with Gasteiger partial charge >= 0.3 is 0 Å². The number of hydrogen-bond donors (Lipinski definition) is 4. The Balaban J connectivity index is 2.41. The van der Waals surface area contributed by atoms with Crippen LogP contribution in [0.2, 0.25) is 0 Å². The number of hydrogen-bond acceptors (Lipinski definition) is 5. The van der Waals surface area contributed by atoms with E-state index < -0.39 is 0 Å². The Morgan fingerprint density at radius 3 is 2.88 bits per heavy atom. The maximum atomic E-state index is 9.69. The van der Waals surface area contributed by atoms with Crippen molar-refractivity contribution in [3.63, 3.8) is 0 Å². The van der Waals surface area contributed by atoms with Crippen molar-refractivity contribution in [2.24, 2.45) is 11.8 Å². The maximum Gasteiger partial charge on any atom is 0.141 e. The first kappa shape index (κ1) is 12.7. The fraction of sp³-hybridized carbons (Fsp3) is 0.545. The summed E-state index contributed by atoms with van der Waals surface area (Å²) < 4.78 is 0. The van der Waals surface area contributed by atoms with Crippen LogP contribution < -0.4 is 16.6 Å². The third-order valence-corrected chi connectivity index (χ3v) is 2.19. The molecule has 0 amide bonds. The fourth-order valence-corrected chi connectivity index (χ4v) is 1.48. The quantitative estimate of drug-likeness (QED) is 0.431. The van der Waals surface area contributed by atoms with Gasteiger partial charge in [0.05, 0.1) is 6.10 Å². The third-order valence-electron chi connectivity index (χ3n) is 2.19. The van der Waals surface area contributed by atoms with Crippen LogP contribution in [0.25, 0.3) is 0 Å². The Morgan fingerprint density at radius 1 is 1.50 bits per heavy atom. The van der Waals surface area contributed by atoms with E-state index in [2.05, 4.69) is 29.6 Å². The molecule has 1 atom stereocenters. The minimum absolute atomic E-state index is 0.331. The number of nitrogens with two attached hydrogens (primary N) is 1. The second kappa shape index (κ2) is 6.30. The van der Waals surface area contributed by atoms with Gasteiger partial charge in [0.25, 0.3) is 0 Å². The van der Waals surface area contributed by atoms with Crippen molar-refractivity contribution in [2.45, 2.75) is 26.4 Å². The van der Waals surface area contributed by atoms with E-state index in [1.807, 2.05) is 6.07 Å². The average molecular weight is 224 g/mol. The van der Waals surface area contributed by atoms with Crippen LogP contribution in [0.1, 0.15) is 20.3 Å². The largest absolute Gasteiger partial charge is 0.391 e. The number of rotatable bonds is 6. The van der Waals surface area contributed by atoms with Crippen molar-refractivity contribution >= 4 is 11.5 Å². The topological polar surface area (TPSA) is 83.2 Å². The van der Waals surface area contributed by atoms with Gasteiger partial charge in [-0.25, -0.2) is 10.8 Å². The Bertz CT molecular complexity index is 317. The first-order valence-corrected chi connectivity index (χ1v) is 5.46. The molecule has 1 aromatic rings. The molecule has 0 aliphatic carbocycles. The van der Waals surface area contributed by atoms with Gasteiger partial charge < -0.3 is 15.8 Å². The number of aromatic nitrogens is 1. The molecule has 90 valence electrons. The lowest BCUT2D eigenvalue weighted by Gasteiger charge is -2.14. The maximum absolute atomic E-state index is 9.69. The number of hydrazine groups is 1. The molecule has 0 bridgehead atoms. The molecule has 5 nitrogen and oxygen atoms in total. The second-order valence-corrected chi connectivity index (χ2v) is 4.24. The molecule has 0 radical (unpaired) electrons. The van der Waals surface area contributed by atoms with Crippen LogP contribution >= 0.6 is 0 Å². The zero-order valence-corrected chi connectivity index (χ0v) is 9.77. The number of aliphatic hydroxyl groups excluding tert-OH is 1. The van der Waals surface area contributed by atoms with Gasteiger partial charge in [0, 0.05) is 24.5 Å². The third kappa shape index (κ3) is 4.46. The number of nitrogens with one attached hydrogen (secondary N) is 2. The van der Waals surface area contributed by atoms with E-state index in [-0.39, 0.29) is 6.10 Å². The highest BCUT2D eigenvalue weighted by molar-refractivity contribution is 5.51. The van der Waals surface area contributed by atoms with Crippen molar-refractivity contribution in [1.82, 2.24) is 4.98 Å². The lowest BCUT2D eigenvalue weighted by atomic mass is 10.1. The molecule has 0 fully saturated rings. The van der Waals surface area contributed by atoms with Gasteiger partial charge in [-0.05, 0) is 18.4 Å². The number of aliphatic hydroxyl groups is 1. The summed E-state index contributed by atoms with van der Waals surface area (Å²) in [5.74, 6) is 6.35. The summed E-state index contributed by atoms with van der Waals surface area (Å²) in [5, 5.41) is 12.8. The van der Waals surface area contributed by atoms with Crippen LogP contribution in [-0.4, -0.2) is 22.7 Å². The molecule has 1 rings (SSSR count). The molecule has 0 aliphatic heterocycles. The zero-order chi connectivity index (χ0) is 12.0. The first-order chi connectivity index (χ1) is 7.61. The van der Waals surface area contributed by atoms with Gasteiger partial charge in [-0.2, -0.15) is 0 Å². The van der Waals surface area contributed by atoms with Gasteiger partial charge in [0.15, 0.2) is 0 Å². The highest BCUT2D eigenvalue weighted by Crippen LogP contribution is 2.11. The van der Waals surface area contributed by atoms with E-state index in [1.54, 1.807) is 12.3 Å². The average Bonchev–Trinajstić information content (AvgIpc) is 2.26. The SMILES string of the molecule is CC(C)CC(O)CNc1ccnc(NN)c1. The van der Waals surface area contributed by atoms with E-state index in [0.717, 1.165) is 12.1 Å². The highest BCUT2D eigenvalue weighted by atomic mass is 16.3. The molecule has 1 unspecified atom stereocenters. The number of nitrogens with zero attached hydrogens (tertiary/aromatic N) is 1. The van der Waals surface area contributed by atoms with Crippen LogP contribution in [0.5, 0.6) is 0 Å². The molecule has 0 saturated carbocycles. The predicted octanol–water partition coefficient (Wildman–Crippen LogP) is 1.19. The van der Waals surface area contributed by atoms with Gasteiger partial charge in [-0.1, -0.05) is 13.8 Å². The molecule has 0 spiro atoms. The van der Waals surface area contributed by atoms with Gasteiger partial charge in [-0.3, -0.25) is 0 Å². The minimum atomic E-state index is -0.331. The van der Waals surface area contributed by atoms with Crippen LogP contribution in [0, 0.1) is 5.92 Å². The molecule has 5 heteroatoms. The van der Waals surface area contributed by atoms with Crippen molar-refractivity contribution in [3.05, 3.63) is 18.3 Å². The van der Waals surface area contributed by atoms with Crippen molar-refractivity contribution in [3.8, 4) is 0 Å². The second-order valence-electron chi connectivity index (χ2n) is 4.24. The Kier molecular flexibility index (Phi) is 5.01. The first-order valence-electron chi connectivity index (χ1n) is 5.46. The van der Waals surface area contributed by atoms with Crippen LogP contribution in [-0.2, 0) is 0 Å². The number of anilines is 2. The van der Waals surface area contributed by atoms with Crippen LogP contribution in [0.15, 0.2) is 18.3 Å². The summed E-state index contributed by atoms with van der Waals surface area (Å²) in [6.45, 7) is 4.71. The van der Waals surface area contributed by atoms with Gasteiger partial charge in [0.1, 0.15) is 5.82 Å². The van der Waals surface area contributed by atoms with Crippen LogP contribution in [0.4, 0.5) is 11.5 Å². The van der Waals surface area contributed by atoms with Crippen molar-refractivity contribution in [2.75, 3.05) is 17.3 Å². The Hall–Kier alpha value is -1.33. The lowest BCUT2D eigenvalue weighted by Crippen LogP contribution is -2.21. The Morgan fingerprint density at radius 2 is 2.25 bits per heavy atom. The molecule has 0 aromatic carbocycles. The Labute approximate surface area is 96.0 Å². The molecular formula is C11H20N4O. The molecule has 0 aliphatic rings. The van der Waals surface area contributed by atoms with E-state index in [4.69, 9.17) is 5.84 Å². The molecular weight excluding hydrogens is 204 g/mol. The summed E-state index contributed by atoms with van der Waals surface area (Å²) >= 11 is 0. The van der Waals surface area contributed by atoms with E-state index in [0.29, 0.717) is 18.3 Å². The summed E-state index contributed by atoms with van der Waals surface area (Å²) in [4.78, 5) is 3.99. The fourth-order valence-electron chi connectivity index (χ4n) is 1.48. The van der Waals surface area contributed by atoms with E-state index in [9.17, 15) is 5.11 Å². The molecule has 5 N–H and O–H groups in total. The number of nitrogen functional groups attached to an aromatic ring is 1. The summed E-state index contributed by atoms with van der Waals surface area (Å²) in [6.07, 6.45) is 2.12. The predicted molar refractivity (Wildman–Crippen MR) is 66.0 cm³/mol. The summed E-state index contributed by atoms with van der Waals surface area (Å²) in [6, 6.07) is 3.63.